The summed E-state index contributed by atoms with van der Waals surface area (Å²) in [6.07, 6.45) is 3.16. The first-order valence-electron chi connectivity index (χ1n) is 11.4. The van der Waals surface area contributed by atoms with Gasteiger partial charge in [-0.15, -0.1) is 0 Å². The third kappa shape index (κ3) is 6.60. The number of aryl methyl sites for hydroxylation is 1. The van der Waals surface area contributed by atoms with Crippen LogP contribution in [0.4, 0.5) is 24.5 Å². The van der Waals surface area contributed by atoms with Gasteiger partial charge in [0.05, 0.1) is 18.1 Å². The number of rotatable bonds is 5. The summed E-state index contributed by atoms with van der Waals surface area (Å²) >= 11 is 0. The predicted molar refractivity (Wildman–Crippen MR) is 127 cm³/mol. The van der Waals surface area contributed by atoms with Crippen molar-refractivity contribution in [3.05, 3.63) is 72.4 Å². The zero-order valence-electron chi connectivity index (χ0n) is 19.6. The Labute approximate surface area is 205 Å². The summed E-state index contributed by atoms with van der Waals surface area (Å²) in [7, 11) is 1.96. The molecule has 0 atom stereocenters. The molecule has 0 bridgehead atoms. The Hall–Kier alpha value is -3.93. The molecular formula is C24H26F3N7O2. The Balaban J connectivity index is 0.000000384. The topological polar surface area (TPSA) is 101 Å². The molecule has 0 saturated carbocycles. The summed E-state index contributed by atoms with van der Waals surface area (Å²) in [6.45, 7) is 3.10. The number of likely N-dealkylation sites (tertiary alicyclic amines) is 1. The minimum Gasteiger partial charge on any atom is -0.475 e. The molecule has 0 radical (unpaired) electrons. The number of carbonyl (C=O) groups is 1. The fourth-order valence-corrected chi connectivity index (χ4v) is 4.00. The van der Waals surface area contributed by atoms with Gasteiger partial charge in [-0.1, -0.05) is 18.2 Å². The van der Waals surface area contributed by atoms with E-state index in [1.54, 1.807) is 0 Å². The Morgan fingerprint density at radius 3 is 2.39 bits per heavy atom. The molecule has 5 rings (SSSR count). The maximum atomic E-state index is 10.6. The standard InChI is InChI=1S/C22H25N7.C2HF3O2/c1-27-14-17(13-23-27)15-28-11-9-18(10-12-28)22-25-21-8-7-20(16-29(21)26-22)24-19-5-3-2-4-6-19;3-2(4,5)1(6)7/h2-8,13-14,16,18,24H,9-12,15H2,1H3;(H,6,7). The normalized spacial score (nSPS) is 14.9. The largest absolute Gasteiger partial charge is 0.490 e. The molecule has 0 unspecified atom stereocenters. The van der Waals surface area contributed by atoms with Crippen molar-refractivity contribution in [1.82, 2.24) is 29.3 Å². The lowest BCUT2D eigenvalue weighted by molar-refractivity contribution is -0.192. The van der Waals surface area contributed by atoms with Gasteiger partial charge in [0.25, 0.3) is 0 Å². The van der Waals surface area contributed by atoms with Crippen LogP contribution in [0.3, 0.4) is 0 Å². The molecule has 1 aliphatic rings. The van der Waals surface area contributed by atoms with Gasteiger partial charge in [0.1, 0.15) is 0 Å². The van der Waals surface area contributed by atoms with Crippen molar-refractivity contribution in [3.63, 3.8) is 0 Å². The second-order valence-electron chi connectivity index (χ2n) is 8.56. The van der Waals surface area contributed by atoms with Gasteiger partial charge >= 0.3 is 12.1 Å². The minimum absolute atomic E-state index is 0.422. The maximum absolute atomic E-state index is 10.6. The molecule has 12 heteroatoms. The Morgan fingerprint density at radius 2 is 1.78 bits per heavy atom. The predicted octanol–water partition coefficient (Wildman–Crippen LogP) is 4.22. The molecule has 0 aliphatic carbocycles. The number of piperidine rings is 1. The van der Waals surface area contributed by atoms with E-state index < -0.39 is 12.1 Å². The quantitative estimate of drug-likeness (QED) is 0.422. The molecule has 190 valence electrons. The molecule has 1 saturated heterocycles. The highest BCUT2D eigenvalue weighted by atomic mass is 19.4. The van der Waals surface area contributed by atoms with E-state index in [2.05, 4.69) is 39.7 Å². The zero-order chi connectivity index (χ0) is 25.7. The lowest BCUT2D eigenvalue weighted by Crippen LogP contribution is -2.32. The highest BCUT2D eigenvalue weighted by Gasteiger charge is 2.38. The van der Waals surface area contributed by atoms with Crippen molar-refractivity contribution in [2.45, 2.75) is 31.5 Å². The molecule has 2 N–H and O–H groups in total. The average Bonchev–Trinajstić information content (AvgIpc) is 3.45. The summed E-state index contributed by atoms with van der Waals surface area (Å²) in [5.41, 5.74) is 4.24. The maximum Gasteiger partial charge on any atom is 0.490 e. The van der Waals surface area contributed by atoms with E-state index in [-0.39, 0.29) is 0 Å². The molecule has 9 nitrogen and oxygen atoms in total. The van der Waals surface area contributed by atoms with Gasteiger partial charge in [0, 0.05) is 37.0 Å². The number of hydrogen-bond donors (Lipinski definition) is 2. The number of nitrogens with one attached hydrogen (secondary N) is 1. The van der Waals surface area contributed by atoms with E-state index in [1.807, 2.05) is 52.9 Å². The summed E-state index contributed by atoms with van der Waals surface area (Å²) in [4.78, 5) is 16.2. The highest BCUT2D eigenvalue weighted by molar-refractivity contribution is 5.73. The smallest absolute Gasteiger partial charge is 0.475 e. The van der Waals surface area contributed by atoms with Crippen molar-refractivity contribution >= 4 is 23.0 Å². The zero-order valence-corrected chi connectivity index (χ0v) is 19.6. The van der Waals surface area contributed by atoms with Gasteiger partial charge in [-0.25, -0.2) is 14.3 Å². The second kappa shape index (κ2) is 10.8. The van der Waals surface area contributed by atoms with Gasteiger partial charge in [-0.2, -0.15) is 23.4 Å². The number of para-hydroxylation sites is 1. The molecule has 4 heterocycles. The van der Waals surface area contributed by atoms with Crippen molar-refractivity contribution in [3.8, 4) is 0 Å². The van der Waals surface area contributed by atoms with Crippen LogP contribution in [-0.4, -0.2) is 59.6 Å². The third-order valence-corrected chi connectivity index (χ3v) is 5.77. The van der Waals surface area contributed by atoms with E-state index in [1.165, 1.54) is 5.56 Å². The molecule has 1 aliphatic heterocycles. The molecule has 36 heavy (non-hydrogen) atoms. The number of aliphatic carboxylic acids is 1. The molecule has 1 aromatic carbocycles. The molecule has 0 amide bonds. The number of benzene rings is 1. The molecule has 3 aromatic heterocycles. The third-order valence-electron chi connectivity index (χ3n) is 5.77. The minimum atomic E-state index is -5.08. The first-order valence-corrected chi connectivity index (χ1v) is 11.4. The average molecular weight is 502 g/mol. The van der Waals surface area contributed by atoms with Gasteiger partial charge in [-0.05, 0) is 50.2 Å². The fraction of sp³-hybridized carbons (Fsp3) is 0.333. The first-order chi connectivity index (χ1) is 17.2. The van der Waals surface area contributed by atoms with Crippen LogP contribution in [0.2, 0.25) is 0 Å². The molecule has 0 spiro atoms. The van der Waals surface area contributed by atoms with E-state index in [0.29, 0.717) is 5.92 Å². The number of anilines is 2. The highest BCUT2D eigenvalue weighted by Crippen LogP contribution is 2.27. The summed E-state index contributed by atoms with van der Waals surface area (Å²) in [5.74, 6) is -1.37. The lowest BCUT2D eigenvalue weighted by atomic mass is 9.96. The van der Waals surface area contributed by atoms with E-state index in [9.17, 15) is 13.2 Å². The van der Waals surface area contributed by atoms with Crippen LogP contribution < -0.4 is 5.32 Å². The van der Waals surface area contributed by atoms with Crippen molar-refractivity contribution in [2.24, 2.45) is 7.05 Å². The Morgan fingerprint density at radius 1 is 1.08 bits per heavy atom. The SMILES string of the molecule is Cn1cc(CN2CCC(c3nc4ccc(Nc5ccccc5)cn4n3)CC2)cn1.O=C(O)C(F)(F)F. The second-order valence-corrected chi connectivity index (χ2v) is 8.56. The van der Waals surface area contributed by atoms with Crippen LogP contribution in [0, 0.1) is 0 Å². The summed E-state index contributed by atoms with van der Waals surface area (Å²) in [6, 6.07) is 14.2. The van der Waals surface area contributed by atoms with E-state index in [0.717, 1.165) is 55.3 Å². The number of halogens is 3. The van der Waals surface area contributed by atoms with Crippen molar-refractivity contribution < 1.29 is 23.1 Å². The van der Waals surface area contributed by atoms with Crippen LogP contribution in [0.5, 0.6) is 0 Å². The Bertz CT molecular complexity index is 1300. The number of fused-ring (bicyclic) bond motifs is 1. The van der Waals surface area contributed by atoms with Crippen LogP contribution in [0.1, 0.15) is 30.1 Å². The monoisotopic (exact) mass is 501 g/mol. The fourth-order valence-electron chi connectivity index (χ4n) is 4.00. The molecule has 1 fully saturated rings. The number of pyridine rings is 1. The summed E-state index contributed by atoms with van der Waals surface area (Å²) in [5, 5.41) is 19.6. The van der Waals surface area contributed by atoms with Crippen LogP contribution >= 0.6 is 0 Å². The van der Waals surface area contributed by atoms with Gasteiger partial charge in [0.15, 0.2) is 11.5 Å². The lowest BCUT2D eigenvalue weighted by Gasteiger charge is -2.30. The van der Waals surface area contributed by atoms with Crippen LogP contribution in [0.15, 0.2) is 61.1 Å². The van der Waals surface area contributed by atoms with Crippen molar-refractivity contribution in [1.29, 1.82) is 0 Å². The van der Waals surface area contributed by atoms with Crippen LogP contribution in [0.25, 0.3) is 5.65 Å². The number of aromatic nitrogens is 5. The summed E-state index contributed by atoms with van der Waals surface area (Å²) < 4.78 is 35.5. The van der Waals surface area contributed by atoms with Crippen LogP contribution in [-0.2, 0) is 18.4 Å². The number of carboxylic acid groups (broad SMARTS) is 1. The number of hydrogen-bond acceptors (Lipinski definition) is 6. The van der Waals surface area contributed by atoms with E-state index >= 15 is 0 Å². The van der Waals surface area contributed by atoms with Gasteiger partial charge in [0.2, 0.25) is 0 Å². The van der Waals surface area contributed by atoms with Gasteiger partial charge < -0.3 is 10.4 Å². The number of alkyl halides is 3. The molecular weight excluding hydrogens is 475 g/mol. The number of nitrogens with zero attached hydrogens (tertiary/aromatic N) is 6. The van der Waals surface area contributed by atoms with Crippen molar-refractivity contribution in [2.75, 3.05) is 18.4 Å². The first kappa shape index (κ1) is 25.2. The Kier molecular flexibility index (Phi) is 7.53. The molecule has 4 aromatic rings. The van der Waals surface area contributed by atoms with E-state index in [4.69, 9.17) is 20.0 Å². The van der Waals surface area contributed by atoms with Gasteiger partial charge in [-0.3, -0.25) is 9.58 Å². The number of carboxylic acids is 1.